The number of nitrogens with one attached hydrogen (secondary N) is 2. The Morgan fingerprint density at radius 2 is 2.12 bits per heavy atom. The van der Waals surface area contributed by atoms with E-state index in [0.29, 0.717) is 18.5 Å². The molecule has 1 atom stereocenters. The molecule has 0 aliphatic carbocycles. The van der Waals surface area contributed by atoms with E-state index in [4.69, 9.17) is 4.74 Å². The zero-order valence-electron chi connectivity index (χ0n) is 15.3. The summed E-state index contributed by atoms with van der Waals surface area (Å²) in [5, 5.41) is 10.1. The van der Waals surface area contributed by atoms with Gasteiger partial charge in [0.2, 0.25) is 0 Å². The molecular weight excluding hydrogens is 322 g/mol. The highest BCUT2D eigenvalue weighted by Gasteiger charge is 2.23. The minimum absolute atomic E-state index is 0.485. The second-order valence-corrected chi connectivity index (χ2v) is 7.30. The summed E-state index contributed by atoms with van der Waals surface area (Å²) in [6.45, 7) is 12.0. The smallest absolute Gasteiger partial charge is 0.191 e. The van der Waals surface area contributed by atoms with Crippen molar-refractivity contribution in [2.75, 3.05) is 39.9 Å². The van der Waals surface area contributed by atoms with Gasteiger partial charge in [0.05, 0.1) is 30.5 Å². The molecule has 1 aromatic rings. The number of hydrogen-bond donors (Lipinski definition) is 2. The van der Waals surface area contributed by atoms with E-state index < -0.39 is 0 Å². The summed E-state index contributed by atoms with van der Waals surface area (Å²) >= 11 is 1.72. The molecule has 0 saturated carbocycles. The van der Waals surface area contributed by atoms with Crippen LogP contribution < -0.4 is 10.6 Å². The molecule has 1 unspecified atom stereocenters. The van der Waals surface area contributed by atoms with Crippen molar-refractivity contribution < 1.29 is 4.74 Å². The average Bonchev–Trinajstić information content (AvgIpc) is 3.06. The largest absolute Gasteiger partial charge is 0.379 e. The molecule has 0 aromatic carbocycles. The lowest BCUT2D eigenvalue weighted by Crippen LogP contribution is -2.52. The summed E-state index contributed by atoms with van der Waals surface area (Å²) in [5.41, 5.74) is 1.08. The molecule has 24 heavy (non-hydrogen) atoms. The van der Waals surface area contributed by atoms with E-state index in [1.54, 1.807) is 11.3 Å². The molecule has 6 nitrogen and oxygen atoms in total. The Hall–Kier alpha value is -1.18. The van der Waals surface area contributed by atoms with Crippen molar-refractivity contribution >= 4 is 17.3 Å². The standard InChI is InChI=1S/C17H31N5OS/c1-5-16-21-14(12-24-16)10-19-17(18-4)20-11-15(13(2)3)22-6-8-23-9-7-22/h12-13,15H,5-11H2,1-4H3,(H2,18,19,20). The number of aromatic nitrogens is 1. The average molecular weight is 354 g/mol. The van der Waals surface area contributed by atoms with Crippen LogP contribution in [0.15, 0.2) is 10.4 Å². The zero-order valence-corrected chi connectivity index (χ0v) is 16.2. The molecular formula is C17H31N5OS. The summed E-state index contributed by atoms with van der Waals surface area (Å²) in [4.78, 5) is 11.4. The second-order valence-electron chi connectivity index (χ2n) is 6.35. The molecule has 1 aromatic heterocycles. The summed E-state index contributed by atoms with van der Waals surface area (Å²) in [5.74, 6) is 1.42. The fourth-order valence-corrected chi connectivity index (χ4v) is 3.63. The van der Waals surface area contributed by atoms with E-state index in [9.17, 15) is 0 Å². The molecule has 136 valence electrons. The van der Waals surface area contributed by atoms with Crippen molar-refractivity contribution in [1.29, 1.82) is 0 Å². The molecule has 2 N–H and O–H groups in total. The number of morpholine rings is 1. The van der Waals surface area contributed by atoms with E-state index in [-0.39, 0.29) is 0 Å². The number of nitrogens with zero attached hydrogens (tertiary/aromatic N) is 3. The lowest BCUT2D eigenvalue weighted by atomic mass is 10.0. The first kappa shape index (κ1) is 19.1. The van der Waals surface area contributed by atoms with Crippen LogP contribution in [0.2, 0.25) is 0 Å². The van der Waals surface area contributed by atoms with Crippen LogP contribution in [0.5, 0.6) is 0 Å². The van der Waals surface area contributed by atoms with Gasteiger partial charge in [0, 0.05) is 38.1 Å². The number of rotatable bonds is 7. The van der Waals surface area contributed by atoms with Crippen LogP contribution in [0.25, 0.3) is 0 Å². The van der Waals surface area contributed by atoms with E-state index in [2.05, 4.69) is 51.7 Å². The summed E-state index contributed by atoms with van der Waals surface area (Å²) in [6, 6.07) is 0.485. The van der Waals surface area contributed by atoms with Crippen molar-refractivity contribution in [3.8, 4) is 0 Å². The van der Waals surface area contributed by atoms with Gasteiger partial charge in [-0.1, -0.05) is 20.8 Å². The van der Waals surface area contributed by atoms with Gasteiger partial charge in [0.15, 0.2) is 5.96 Å². The number of aliphatic imine (C=N–C) groups is 1. The Balaban J connectivity index is 1.82. The van der Waals surface area contributed by atoms with Crippen LogP contribution in [0.3, 0.4) is 0 Å². The van der Waals surface area contributed by atoms with Gasteiger partial charge in [-0.3, -0.25) is 9.89 Å². The van der Waals surface area contributed by atoms with Gasteiger partial charge in [0.1, 0.15) is 0 Å². The summed E-state index contributed by atoms with van der Waals surface area (Å²) in [7, 11) is 1.81. The molecule has 1 aliphatic heterocycles. The molecule has 0 radical (unpaired) electrons. The number of thiazole rings is 1. The fraction of sp³-hybridized carbons (Fsp3) is 0.765. The second kappa shape index (κ2) is 9.96. The molecule has 7 heteroatoms. The van der Waals surface area contributed by atoms with Gasteiger partial charge in [-0.05, 0) is 12.3 Å². The molecule has 2 heterocycles. The maximum Gasteiger partial charge on any atom is 0.191 e. The number of aryl methyl sites for hydroxylation is 1. The Labute approximate surface area is 149 Å². The predicted molar refractivity (Wildman–Crippen MR) is 101 cm³/mol. The van der Waals surface area contributed by atoms with E-state index >= 15 is 0 Å². The Kier molecular flexibility index (Phi) is 7.94. The molecule has 0 amide bonds. The highest BCUT2D eigenvalue weighted by Crippen LogP contribution is 2.12. The minimum atomic E-state index is 0.485. The SMILES string of the molecule is CCc1nc(CNC(=NC)NCC(C(C)C)N2CCOCC2)cs1. The first-order valence-electron chi connectivity index (χ1n) is 8.83. The number of hydrogen-bond acceptors (Lipinski definition) is 5. The minimum Gasteiger partial charge on any atom is -0.379 e. The Morgan fingerprint density at radius 3 is 2.71 bits per heavy atom. The first-order valence-corrected chi connectivity index (χ1v) is 9.71. The van der Waals surface area contributed by atoms with Crippen molar-refractivity contribution in [1.82, 2.24) is 20.5 Å². The van der Waals surface area contributed by atoms with Crippen LogP contribution in [0.1, 0.15) is 31.5 Å². The van der Waals surface area contributed by atoms with Crippen LogP contribution in [0.4, 0.5) is 0 Å². The van der Waals surface area contributed by atoms with Gasteiger partial charge in [-0.2, -0.15) is 0 Å². The maximum atomic E-state index is 5.47. The molecule has 1 fully saturated rings. The summed E-state index contributed by atoms with van der Waals surface area (Å²) in [6.07, 6.45) is 0.993. The van der Waals surface area contributed by atoms with Crippen LogP contribution in [0, 0.1) is 5.92 Å². The lowest BCUT2D eigenvalue weighted by Gasteiger charge is -2.37. The lowest BCUT2D eigenvalue weighted by molar-refractivity contribution is 0.00752. The van der Waals surface area contributed by atoms with E-state index in [0.717, 1.165) is 50.9 Å². The van der Waals surface area contributed by atoms with Crippen molar-refractivity contribution in [2.24, 2.45) is 10.9 Å². The van der Waals surface area contributed by atoms with Crippen molar-refractivity contribution in [3.05, 3.63) is 16.1 Å². The fourth-order valence-electron chi connectivity index (χ4n) is 2.88. The van der Waals surface area contributed by atoms with Gasteiger partial charge in [-0.25, -0.2) is 4.98 Å². The van der Waals surface area contributed by atoms with Gasteiger partial charge >= 0.3 is 0 Å². The molecule has 0 bridgehead atoms. The number of ether oxygens (including phenoxy) is 1. The highest BCUT2D eigenvalue weighted by atomic mass is 32.1. The third-order valence-electron chi connectivity index (χ3n) is 4.33. The van der Waals surface area contributed by atoms with Gasteiger partial charge < -0.3 is 15.4 Å². The van der Waals surface area contributed by atoms with Crippen molar-refractivity contribution in [2.45, 2.75) is 39.8 Å². The van der Waals surface area contributed by atoms with Gasteiger partial charge in [0.25, 0.3) is 0 Å². The normalized spacial score (nSPS) is 18.0. The summed E-state index contributed by atoms with van der Waals surface area (Å²) < 4.78 is 5.47. The molecule has 0 spiro atoms. The van der Waals surface area contributed by atoms with Crippen LogP contribution >= 0.6 is 11.3 Å². The van der Waals surface area contributed by atoms with Gasteiger partial charge in [-0.15, -0.1) is 11.3 Å². The highest BCUT2D eigenvalue weighted by molar-refractivity contribution is 7.09. The number of guanidine groups is 1. The van der Waals surface area contributed by atoms with Crippen molar-refractivity contribution in [3.63, 3.8) is 0 Å². The van der Waals surface area contributed by atoms with Crippen LogP contribution in [-0.2, 0) is 17.7 Å². The van der Waals surface area contributed by atoms with Crippen LogP contribution in [-0.4, -0.2) is 61.8 Å². The maximum absolute atomic E-state index is 5.47. The molecule has 1 aliphatic rings. The zero-order chi connectivity index (χ0) is 17.4. The Bertz CT molecular complexity index is 511. The quantitative estimate of drug-likeness (QED) is 0.577. The molecule has 2 rings (SSSR count). The predicted octanol–water partition coefficient (Wildman–Crippen LogP) is 1.73. The molecule has 1 saturated heterocycles. The third-order valence-corrected chi connectivity index (χ3v) is 5.37. The monoisotopic (exact) mass is 353 g/mol. The third kappa shape index (κ3) is 5.72. The topological polar surface area (TPSA) is 61.8 Å². The van der Waals surface area contributed by atoms with E-state index in [1.165, 1.54) is 5.01 Å². The van der Waals surface area contributed by atoms with E-state index in [1.807, 2.05) is 7.05 Å². The first-order chi connectivity index (χ1) is 11.6. The Morgan fingerprint density at radius 1 is 1.38 bits per heavy atom.